The van der Waals surface area contributed by atoms with Gasteiger partial charge in [-0.2, -0.15) is 0 Å². The molecule has 0 radical (unpaired) electrons. The molecule has 0 aliphatic rings. The minimum atomic E-state index is -1.07. The number of benzene rings is 3. The van der Waals surface area contributed by atoms with Gasteiger partial charge in [-0.05, 0) is 54.4 Å². The molecule has 0 amide bonds. The summed E-state index contributed by atoms with van der Waals surface area (Å²) in [4.78, 5) is 13.9. The smallest absolute Gasteiger partial charge is 0.339 e. The Hall–Kier alpha value is -3.44. The minimum Gasteiger partial charge on any atom is -0.500 e. The summed E-state index contributed by atoms with van der Waals surface area (Å²) in [6.45, 7) is 1.77. The van der Waals surface area contributed by atoms with Crippen LogP contribution in [0.4, 0.5) is 11.4 Å². The third-order valence-electron chi connectivity index (χ3n) is 4.95. The number of carbonyl (C=O) groups is 1. The van der Waals surface area contributed by atoms with Gasteiger partial charge in [0.1, 0.15) is 23.7 Å². The van der Waals surface area contributed by atoms with Gasteiger partial charge in [0, 0.05) is 29.5 Å². The van der Waals surface area contributed by atoms with Crippen molar-refractivity contribution in [1.82, 2.24) is 0 Å². The average molecular weight is 438 g/mol. The molecule has 0 atom stereocenters. The van der Waals surface area contributed by atoms with E-state index in [1.165, 1.54) is 7.11 Å². The molecular formula is C25H24ClNO4. The SMILES string of the molecule is COC(C)=C(C(=O)O)c1ccc(Cl)cc1COc1cccc(N(C)c2ccccc2)c1. The molecule has 0 aromatic heterocycles. The van der Waals surface area contributed by atoms with Gasteiger partial charge < -0.3 is 19.5 Å². The fraction of sp³-hybridized carbons (Fsp3) is 0.160. The van der Waals surface area contributed by atoms with Gasteiger partial charge in [0.25, 0.3) is 0 Å². The van der Waals surface area contributed by atoms with Crippen molar-refractivity contribution in [3.05, 3.63) is 94.7 Å². The number of nitrogens with zero attached hydrogens (tertiary/aromatic N) is 1. The van der Waals surface area contributed by atoms with E-state index in [-0.39, 0.29) is 12.2 Å². The lowest BCUT2D eigenvalue weighted by molar-refractivity contribution is -0.130. The predicted octanol–water partition coefficient (Wildman–Crippen LogP) is 6.15. The Balaban J connectivity index is 1.87. The zero-order chi connectivity index (χ0) is 22.4. The number of halogens is 1. The van der Waals surface area contributed by atoms with E-state index in [1.807, 2.05) is 61.6 Å². The van der Waals surface area contributed by atoms with Crippen LogP contribution in [0.2, 0.25) is 5.02 Å². The number of carboxylic acid groups (broad SMARTS) is 1. The molecule has 6 heteroatoms. The van der Waals surface area contributed by atoms with Crippen molar-refractivity contribution in [1.29, 1.82) is 0 Å². The molecule has 160 valence electrons. The number of allylic oxidation sites excluding steroid dienone is 1. The van der Waals surface area contributed by atoms with Crippen molar-refractivity contribution in [2.45, 2.75) is 13.5 Å². The number of hydrogen-bond donors (Lipinski definition) is 1. The second-order valence-corrected chi connectivity index (χ2v) is 7.36. The third kappa shape index (κ3) is 5.38. The number of aliphatic carboxylic acids is 1. The summed E-state index contributed by atoms with van der Waals surface area (Å²) in [5.74, 6) is -0.104. The Morgan fingerprint density at radius 3 is 2.39 bits per heavy atom. The first-order valence-corrected chi connectivity index (χ1v) is 10.1. The second-order valence-electron chi connectivity index (χ2n) is 6.92. The standard InChI is InChI=1S/C25H24ClNO4/c1-17(30-3)24(25(28)29)23-13-12-19(26)14-18(23)16-31-22-11-7-10-21(15-22)27(2)20-8-5-4-6-9-20/h4-15H,16H2,1-3H3,(H,28,29). The molecule has 0 bridgehead atoms. The summed E-state index contributed by atoms with van der Waals surface area (Å²) >= 11 is 6.17. The summed E-state index contributed by atoms with van der Waals surface area (Å²) in [6.07, 6.45) is 0. The van der Waals surface area contributed by atoms with Crippen LogP contribution in [0, 0.1) is 0 Å². The van der Waals surface area contributed by atoms with Crippen LogP contribution in [0.5, 0.6) is 5.75 Å². The Morgan fingerprint density at radius 2 is 1.71 bits per heavy atom. The highest BCUT2D eigenvalue weighted by atomic mass is 35.5. The van der Waals surface area contributed by atoms with Crippen molar-refractivity contribution < 1.29 is 19.4 Å². The van der Waals surface area contributed by atoms with Crippen molar-refractivity contribution in [2.75, 3.05) is 19.1 Å². The van der Waals surface area contributed by atoms with Crippen LogP contribution in [-0.4, -0.2) is 25.2 Å². The first-order valence-electron chi connectivity index (χ1n) is 9.69. The van der Waals surface area contributed by atoms with E-state index >= 15 is 0 Å². The molecule has 3 rings (SSSR count). The number of carboxylic acids is 1. The molecule has 31 heavy (non-hydrogen) atoms. The first kappa shape index (κ1) is 22.2. The van der Waals surface area contributed by atoms with E-state index in [0.29, 0.717) is 27.7 Å². The van der Waals surface area contributed by atoms with Gasteiger partial charge in [0.2, 0.25) is 0 Å². The van der Waals surface area contributed by atoms with E-state index < -0.39 is 5.97 Å². The fourth-order valence-electron chi connectivity index (χ4n) is 3.23. The quantitative estimate of drug-likeness (QED) is 0.338. The lowest BCUT2D eigenvalue weighted by Crippen LogP contribution is -2.10. The zero-order valence-electron chi connectivity index (χ0n) is 17.6. The highest BCUT2D eigenvalue weighted by Gasteiger charge is 2.19. The summed E-state index contributed by atoms with van der Waals surface area (Å²) in [5, 5.41) is 10.2. The first-order chi connectivity index (χ1) is 14.9. The molecule has 5 nitrogen and oxygen atoms in total. The van der Waals surface area contributed by atoms with Crippen LogP contribution in [0.3, 0.4) is 0 Å². The van der Waals surface area contributed by atoms with Crippen molar-refractivity contribution in [3.63, 3.8) is 0 Å². The molecular weight excluding hydrogens is 414 g/mol. The molecule has 0 fully saturated rings. The highest BCUT2D eigenvalue weighted by Crippen LogP contribution is 2.29. The lowest BCUT2D eigenvalue weighted by atomic mass is 9.99. The molecule has 0 aliphatic carbocycles. The molecule has 3 aromatic carbocycles. The van der Waals surface area contributed by atoms with Crippen LogP contribution < -0.4 is 9.64 Å². The predicted molar refractivity (Wildman–Crippen MR) is 124 cm³/mol. The number of methoxy groups -OCH3 is 1. The van der Waals surface area contributed by atoms with Crippen LogP contribution in [0.25, 0.3) is 5.57 Å². The zero-order valence-corrected chi connectivity index (χ0v) is 18.4. The van der Waals surface area contributed by atoms with E-state index in [2.05, 4.69) is 4.90 Å². The highest BCUT2D eigenvalue weighted by molar-refractivity contribution is 6.30. The van der Waals surface area contributed by atoms with E-state index in [1.54, 1.807) is 25.1 Å². The normalized spacial score (nSPS) is 11.5. The third-order valence-corrected chi connectivity index (χ3v) is 5.19. The lowest BCUT2D eigenvalue weighted by Gasteiger charge is -2.20. The number of rotatable bonds is 8. The summed E-state index contributed by atoms with van der Waals surface area (Å²) < 4.78 is 11.2. The van der Waals surface area contributed by atoms with Gasteiger partial charge in [0.15, 0.2) is 0 Å². The number of para-hydroxylation sites is 1. The molecule has 3 aromatic rings. The van der Waals surface area contributed by atoms with Crippen LogP contribution in [0.15, 0.2) is 78.6 Å². The molecule has 0 aliphatic heterocycles. The molecule has 1 N–H and O–H groups in total. The summed E-state index contributed by atoms with van der Waals surface area (Å²) in [7, 11) is 3.43. The Kier molecular flexibility index (Phi) is 7.21. The second kappa shape index (κ2) is 10.0. The maximum absolute atomic E-state index is 11.8. The Bertz CT molecular complexity index is 1100. The van der Waals surface area contributed by atoms with Crippen LogP contribution in [0.1, 0.15) is 18.1 Å². The molecule has 0 spiro atoms. The Morgan fingerprint density at radius 1 is 1.00 bits per heavy atom. The number of hydrogen-bond acceptors (Lipinski definition) is 4. The molecule has 0 saturated heterocycles. The van der Waals surface area contributed by atoms with E-state index in [9.17, 15) is 9.90 Å². The van der Waals surface area contributed by atoms with Crippen LogP contribution >= 0.6 is 11.6 Å². The van der Waals surface area contributed by atoms with Gasteiger partial charge >= 0.3 is 5.97 Å². The van der Waals surface area contributed by atoms with Gasteiger partial charge in [-0.1, -0.05) is 41.9 Å². The van der Waals surface area contributed by atoms with Gasteiger partial charge in [-0.15, -0.1) is 0 Å². The average Bonchev–Trinajstić information content (AvgIpc) is 2.79. The number of anilines is 2. The summed E-state index contributed by atoms with van der Waals surface area (Å²) in [6, 6.07) is 22.8. The minimum absolute atomic E-state index is 0.0790. The monoisotopic (exact) mass is 437 g/mol. The molecule has 0 heterocycles. The van der Waals surface area contributed by atoms with Crippen molar-refractivity contribution >= 4 is 34.5 Å². The van der Waals surface area contributed by atoms with Crippen molar-refractivity contribution in [2.24, 2.45) is 0 Å². The van der Waals surface area contributed by atoms with Gasteiger partial charge in [-0.25, -0.2) is 4.79 Å². The van der Waals surface area contributed by atoms with Crippen LogP contribution in [-0.2, 0) is 16.1 Å². The van der Waals surface area contributed by atoms with Crippen molar-refractivity contribution in [3.8, 4) is 5.75 Å². The fourth-order valence-corrected chi connectivity index (χ4v) is 3.42. The molecule has 0 unspecified atom stereocenters. The summed E-state index contributed by atoms with van der Waals surface area (Å²) in [5.41, 5.74) is 3.27. The van der Waals surface area contributed by atoms with Gasteiger partial charge in [0.05, 0.1) is 7.11 Å². The van der Waals surface area contributed by atoms with Gasteiger partial charge in [-0.3, -0.25) is 0 Å². The molecule has 0 saturated carbocycles. The maximum atomic E-state index is 11.8. The number of ether oxygens (including phenoxy) is 2. The largest absolute Gasteiger partial charge is 0.500 e. The maximum Gasteiger partial charge on any atom is 0.339 e. The van der Waals surface area contributed by atoms with E-state index in [0.717, 1.165) is 11.4 Å². The van der Waals surface area contributed by atoms with E-state index in [4.69, 9.17) is 21.1 Å². The topological polar surface area (TPSA) is 59.0 Å². The Labute approximate surface area is 187 Å².